The Morgan fingerprint density at radius 3 is 2.21 bits per heavy atom. The van der Waals surface area contributed by atoms with Crippen molar-refractivity contribution in [2.75, 3.05) is 0 Å². The average molecular weight is 264 g/mol. The Morgan fingerprint density at radius 2 is 1.63 bits per heavy atom. The first kappa shape index (κ1) is 13.5. The van der Waals surface area contributed by atoms with Crippen molar-refractivity contribution < 1.29 is 9.53 Å². The number of esters is 1. The summed E-state index contributed by atoms with van der Waals surface area (Å²) < 4.78 is 5.67. The summed E-state index contributed by atoms with van der Waals surface area (Å²) in [4.78, 5) is 11.4. The molecule has 0 aromatic rings. The van der Waals surface area contributed by atoms with Crippen molar-refractivity contribution in [1.29, 1.82) is 0 Å². The maximum atomic E-state index is 11.4. The third-order valence-corrected chi connectivity index (χ3v) is 7.28. The summed E-state index contributed by atoms with van der Waals surface area (Å²) in [7, 11) is 0. The average Bonchev–Trinajstić information content (AvgIpc) is 2.52. The van der Waals surface area contributed by atoms with Gasteiger partial charge in [-0.15, -0.1) is 0 Å². The van der Waals surface area contributed by atoms with Gasteiger partial charge >= 0.3 is 5.97 Å². The molecule has 3 saturated carbocycles. The first-order valence-corrected chi connectivity index (χ1v) is 7.88. The highest BCUT2D eigenvalue weighted by molar-refractivity contribution is 5.66. The highest BCUT2D eigenvalue weighted by atomic mass is 16.5. The van der Waals surface area contributed by atoms with Crippen molar-refractivity contribution in [3.63, 3.8) is 0 Å². The van der Waals surface area contributed by atoms with Gasteiger partial charge in [0.05, 0.1) is 0 Å². The zero-order valence-corrected chi connectivity index (χ0v) is 13.1. The predicted octanol–water partition coefficient (Wildman–Crippen LogP) is 4.18. The van der Waals surface area contributed by atoms with Crippen LogP contribution in [0.3, 0.4) is 0 Å². The molecule has 3 aliphatic carbocycles. The van der Waals surface area contributed by atoms with Gasteiger partial charge in [0.25, 0.3) is 0 Å². The first-order chi connectivity index (χ1) is 8.71. The Balaban J connectivity index is 1.87. The van der Waals surface area contributed by atoms with Gasteiger partial charge in [-0.25, -0.2) is 0 Å². The quantitative estimate of drug-likeness (QED) is 0.664. The zero-order chi connectivity index (χ0) is 14.1. The molecule has 0 amide bonds. The van der Waals surface area contributed by atoms with Crippen molar-refractivity contribution >= 4 is 5.97 Å². The molecule has 5 atom stereocenters. The van der Waals surface area contributed by atoms with Gasteiger partial charge in [0, 0.05) is 12.3 Å². The molecular weight excluding hydrogens is 236 g/mol. The molecule has 19 heavy (non-hydrogen) atoms. The van der Waals surface area contributed by atoms with E-state index in [0.29, 0.717) is 10.8 Å². The van der Waals surface area contributed by atoms with Crippen LogP contribution in [-0.4, -0.2) is 12.1 Å². The minimum atomic E-state index is -0.105. The molecule has 0 unspecified atom stereocenters. The van der Waals surface area contributed by atoms with Crippen LogP contribution < -0.4 is 0 Å². The van der Waals surface area contributed by atoms with Crippen LogP contribution in [0.15, 0.2) is 0 Å². The van der Waals surface area contributed by atoms with Crippen LogP contribution in [0.5, 0.6) is 0 Å². The lowest BCUT2D eigenvalue weighted by atomic mass is 9.39. The van der Waals surface area contributed by atoms with Crippen molar-refractivity contribution in [3.8, 4) is 0 Å². The molecular formula is C17H28O2. The highest BCUT2D eigenvalue weighted by Gasteiger charge is 2.67. The van der Waals surface area contributed by atoms with Crippen LogP contribution in [0, 0.1) is 28.1 Å². The van der Waals surface area contributed by atoms with Gasteiger partial charge in [-0.3, -0.25) is 4.79 Å². The lowest BCUT2D eigenvalue weighted by Gasteiger charge is -2.66. The second kappa shape index (κ2) is 3.77. The van der Waals surface area contributed by atoms with Crippen LogP contribution in [0.2, 0.25) is 0 Å². The normalized spacial score (nSPS) is 50.9. The summed E-state index contributed by atoms with van der Waals surface area (Å²) in [6, 6.07) is 0. The Kier molecular flexibility index (Phi) is 2.67. The molecule has 0 aromatic heterocycles. The van der Waals surface area contributed by atoms with Gasteiger partial charge in [-0.2, -0.15) is 0 Å². The molecule has 108 valence electrons. The number of ether oxygens (including phenoxy) is 1. The second-order valence-corrected chi connectivity index (χ2v) is 8.42. The van der Waals surface area contributed by atoms with E-state index in [9.17, 15) is 4.79 Å². The van der Waals surface area contributed by atoms with Crippen LogP contribution >= 0.6 is 0 Å². The topological polar surface area (TPSA) is 26.3 Å². The molecule has 3 fully saturated rings. The summed E-state index contributed by atoms with van der Waals surface area (Å²) >= 11 is 0. The fourth-order valence-electron chi connectivity index (χ4n) is 5.81. The molecule has 0 radical (unpaired) electrons. The van der Waals surface area contributed by atoms with Crippen LogP contribution in [0.1, 0.15) is 66.7 Å². The van der Waals surface area contributed by atoms with Crippen molar-refractivity contribution in [3.05, 3.63) is 0 Å². The van der Waals surface area contributed by atoms with Crippen LogP contribution in [0.4, 0.5) is 0 Å². The van der Waals surface area contributed by atoms with Gasteiger partial charge in [0.1, 0.15) is 6.10 Å². The number of carbonyl (C=O) groups excluding carboxylic acids is 1. The van der Waals surface area contributed by atoms with E-state index in [-0.39, 0.29) is 17.5 Å². The number of fused-ring (bicyclic) bond motifs is 3. The fourth-order valence-corrected chi connectivity index (χ4v) is 5.81. The van der Waals surface area contributed by atoms with Crippen LogP contribution in [0.25, 0.3) is 0 Å². The zero-order valence-electron chi connectivity index (χ0n) is 13.1. The highest BCUT2D eigenvalue weighted by Crippen LogP contribution is 2.73. The van der Waals surface area contributed by atoms with Gasteiger partial charge < -0.3 is 4.74 Å². The van der Waals surface area contributed by atoms with Gasteiger partial charge in [0.2, 0.25) is 0 Å². The smallest absolute Gasteiger partial charge is 0.302 e. The van der Waals surface area contributed by atoms with Gasteiger partial charge in [-0.05, 0) is 54.8 Å². The number of rotatable bonds is 1. The lowest BCUT2D eigenvalue weighted by molar-refractivity contribution is -0.194. The second-order valence-electron chi connectivity index (χ2n) is 8.42. The molecule has 0 aliphatic heterocycles. The minimum absolute atomic E-state index is 0.105. The predicted molar refractivity (Wildman–Crippen MR) is 75.6 cm³/mol. The molecule has 0 bridgehead atoms. The Morgan fingerprint density at radius 1 is 1.00 bits per heavy atom. The van der Waals surface area contributed by atoms with E-state index in [0.717, 1.165) is 18.3 Å². The van der Waals surface area contributed by atoms with E-state index in [4.69, 9.17) is 4.74 Å². The fraction of sp³-hybridized carbons (Fsp3) is 0.941. The lowest BCUT2D eigenvalue weighted by Crippen LogP contribution is -2.60. The maximum Gasteiger partial charge on any atom is 0.302 e. The SMILES string of the molecule is CC(=O)O[C@@H]1CC[C@@]2(C)[C@H]3CC(C)(C)[C@@H]3CC[C@@]12C. The van der Waals surface area contributed by atoms with Gasteiger partial charge in [-0.1, -0.05) is 27.7 Å². The molecule has 0 aromatic carbocycles. The van der Waals surface area contributed by atoms with E-state index in [2.05, 4.69) is 27.7 Å². The Hall–Kier alpha value is -0.530. The minimum Gasteiger partial charge on any atom is -0.462 e. The molecule has 3 aliphatic rings. The molecule has 0 saturated heterocycles. The van der Waals surface area contributed by atoms with Crippen LogP contribution in [-0.2, 0) is 9.53 Å². The van der Waals surface area contributed by atoms with E-state index in [1.54, 1.807) is 6.92 Å². The number of hydrogen-bond acceptors (Lipinski definition) is 2. The largest absolute Gasteiger partial charge is 0.462 e. The van der Waals surface area contributed by atoms with E-state index < -0.39 is 0 Å². The summed E-state index contributed by atoms with van der Waals surface area (Å²) in [6.45, 7) is 11.3. The Bertz CT molecular complexity index is 413. The third kappa shape index (κ3) is 1.58. The number of carbonyl (C=O) groups is 1. The Labute approximate surface area is 117 Å². The summed E-state index contributed by atoms with van der Waals surface area (Å²) in [5.41, 5.74) is 1.12. The van der Waals surface area contributed by atoms with Crippen molar-refractivity contribution in [2.45, 2.75) is 72.8 Å². The monoisotopic (exact) mass is 264 g/mol. The first-order valence-electron chi connectivity index (χ1n) is 7.88. The third-order valence-electron chi connectivity index (χ3n) is 7.28. The molecule has 2 nitrogen and oxygen atoms in total. The standard InChI is InChI=1S/C17H28O2/c1-11(18)19-14-7-9-16(4)13-10-15(2,3)12(13)6-8-17(14,16)5/h12-14H,6-10H2,1-5H3/t12-,13+,14-,16+,17+/m1/s1. The summed E-state index contributed by atoms with van der Waals surface area (Å²) in [5.74, 6) is 1.63. The van der Waals surface area contributed by atoms with E-state index in [1.165, 1.54) is 25.7 Å². The molecule has 2 heteroatoms. The number of hydrogen-bond donors (Lipinski definition) is 0. The summed E-state index contributed by atoms with van der Waals surface area (Å²) in [5, 5.41) is 0. The van der Waals surface area contributed by atoms with Crippen molar-refractivity contribution in [1.82, 2.24) is 0 Å². The molecule has 0 N–H and O–H groups in total. The maximum absolute atomic E-state index is 11.4. The molecule has 0 spiro atoms. The van der Waals surface area contributed by atoms with E-state index in [1.807, 2.05) is 0 Å². The van der Waals surface area contributed by atoms with Crippen molar-refractivity contribution in [2.24, 2.45) is 28.1 Å². The summed E-state index contributed by atoms with van der Waals surface area (Å²) in [6.07, 6.45) is 6.36. The molecule has 3 rings (SSSR count). The van der Waals surface area contributed by atoms with E-state index >= 15 is 0 Å². The van der Waals surface area contributed by atoms with Gasteiger partial charge in [0.15, 0.2) is 0 Å². The molecule has 0 heterocycles.